The molecule has 1 N–H and O–H groups in total. The first-order chi connectivity index (χ1) is 12.4. The zero-order valence-corrected chi connectivity index (χ0v) is 18.7. The molecule has 4 heteroatoms. The Labute approximate surface area is 177 Å². The second-order valence-electron chi connectivity index (χ2n) is 6.34. The summed E-state index contributed by atoms with van der Waals surface area (Å²) in [6.07, 6.45) is 0. The standard InChI is InChI=1S/C21H21P.C2H4O2.Pd/c1-16-10-4-7-13-19(16)22(20-14-8-5-11-17(20)2)21-15-9-6-12-18(21)3;1-2(3)4;/h4-15H,1-3H3;1H3,(H,3,4);/p+1. The Bertz CT molecular complexity index is 781. The van der Waals surface area contributed by atoms with Crippen molar-refractivity contribution in [3.8, 4) is 0 Å². The maximum atomic E-state index is 9.00. The van der Waals surface area contributed by atoms with Crippen LogP contribution in [0.1, 0.15) is 23.6 Å². The summed E-state index contributed by atoms with van der Waals surface area (Å²) in [6.45, 7) is 7.78. The maximum absolute atomic E-state index is 9.00. The van der Waals surface area contributed by atoms with E-state index in [1.807, 2.05) is 0 Å². The van der Waals surface area contributed by atoms with Crippen molar-refractivity contribution in [2.75, 3.05) is 0 Å². The fourth-order valence-corrected chi connectivity index (χ4v) is 6.09. The van der Waals surface area contributed by atoms with Crippen molar-refractivity contribution in [1.29, 1.82) is 0 Å². The van der Waals surface area contributed by atoms with E-state index in [0.29, 0.717) is 0 Å². The van der Waals surface area contributed by atoms with Gasteiger partial charge in [-0.15, -0.1) is 0 Å². The summed E-state index contributed by atoms with van der Waals surface area (Å²) in [5, 5.41) is 11.9. The van der Waals surface area contributed by atoms with Crippen LogP contribution >= 0.6 is 7.92 Å². The van der Waals surface area contributed by atoms with Gasteiger partial charge in [0.25, 0.3) is 5.97 Å². The van der Waals surface area contributed by atoms with E-state index >= 15 is 0 Å². The number of hydrogen-bond acceptors (Lipinski definition) is 1. The first-order valence-electron chi connectivity index (χ1n) is 8.66. The summed E-state index contributed by atoms with van der Waals surface area (Å²) in [6, 6.07) is 26.5. The molecule has 2 nitrogen and oxygen atoms in total. The number of benzene rings is 3. The van der Waals surface area contributed by atoms with Gasteiger partial charge in [0.05, 0.1) is 7.92 Å². The van der Waals surface area contributed by atoms with Gasteiger partial charge in [0.2, 0.25) is 0 Å². The van der Waals surface area contributed by atoms with E-state index in [2.05, 4.69) is 93.6 Å². The minimum Gasteiger partial charge on any atom is -0.481 e. The van der Waals surface area contributed by atoms with Crippen molar-refractivity contribution < 1.29 is 30.3 Å². The third kappa shape index (κ3) is 6.40. The molecule has 144 valence electrons. The molecule has 0 aliphatic heterocycles. The van der Waals surface area contributed by atoms with Gasteiger partial charge >= 0.3 is 0 Å². The van der Waals surface area contributed by atoms with Crippen LogP contribution in [0.15, 0.2) is 72.8 Å². The fraction of sp³-hybridized carbons (Fsp3) is 0.174. The van der Waals surface area contributed by atoms with E-state index in [4.69, 9.17) is 9.90 Å². The predicted molar refractivity (Wildman–Crippen MR) is 114 cm³/mol. The Morgan fingerprint density at radius 1 is 0.667 bits per heavy atom. The van der Waals surface area contributed by atoms with Crippen LogP contribution in [0.3, 0.4) is 0 Å². The number of carbonyl (C=O) groups is 1. The Morgan fingerprint density at radius 2 is 0.889 bits per heavy atom. The summed E-state index contributed by atoms with van der Waals surface area (Å²) in [5.74, 6) is -0.833. The summed E-state index contributed by atoms with van der Waals surface area (Å²) in [4.78, 5) is 9.00. The number of rotatable bonds is 3. The molecular weight excluding hydrogens is 446 g/mol. The zero-order chi connectivity index (χ0) is 19.1. The SMILES string of the molecule is CC(=O)O.Cc1ccccc1[PH+](c1ccccc1C)c1ccccc1C.[Pd]. The second kappa shape index (κ2) is 11.2. The molecule has 0 bridgehead atoms. The quantitative estimate of drug-likeness (QED) is 0.459. The molecule has 0 amide bonds. The van der Waals surface area contributed by atoms with Crippen molar-refractivity contribution in [2.45, 2.75) is 27.7 Å². The molecule has 0 spiro atoms. The van der Waals surface area contributed by atoms with Crippen LogP contribution in [-0.2, 0) is 25.2 Å². The average Bonchev–Trinajstić information content (AvgIpc) is 2.59. The van der Waals surface area contributed by atoms with E-state index in [0.717, 1.165) is 6.92 Å². The summed E-state index contributed by atoms with van der Waals surface area (Å²) in [5.41, 5.74) is 4.17. The van der Waals surface area contributed by atoms with Crippen LogP contribution in [0.5, 0.6) is 0 Å². The number of carboxylic acid groups (broad SMARTS) is 1. The van der Waals surface area contributed by atoms with Gasteiger partial charge in [0.15, 0.2) is 0 Å². The molecule has 27 heavy (non-hydrogen) atoms. The smallest absolute Gasteiger partial charge is 0.300 e. The summed E-state index contributed by atoms with van der Waals surface area (Å²) >= 11 is 0. The molecule has 0 saturated carbocycles. The van der Waals surface area contributed by atoms with Crippen molar-refractivity contribution in [3.63, 3.8) is 0 Å². The molecule has 0 aromatic heterocycles. The van der Waals surface area contributed by atoms with E-state index in [9.17, 15) is 0 Å². The van der Waals surface area contributed by atoms with Crippen molar-refractivity contribution in [3.05, 3.63) is 89.5 Å². The molecule has 0 saturated heterocycles. The molecule has 0 unspecified atom stereocenters. The normalized spacial score (nSPS) is 9.81. The summed E-state index contributed by atoms with van der Waals surface area (Å²) < 4.78 is 0. The summed E-state index contributed by atoms with van der Waals surface area (Å²) in [7, 11) is -0.968. The first-order valence-corrected chi connectivity index (χ1v) is 10.2. The maximum Gasteiger partial charge on any atom is 0.300 e. The molecule has 0 atom stereocenters. The molecule has 0 aliphatic carbocycles. The third-order valence-electron chi connectivity index (χ3n) is 4.24. The Kier molecular flexibility index (Phi) is 9.61. The van der Waals surface area contributed by atoms with Crippen LogP contribution in [-0.4, -0.2) is 11.1 Å². The number of carboxylic acids is 1. The van der Waals surface area contributed by atoms with Crippen LogP contribution in [0.4, 0.5) is 0 Å². The van der Waals surface area contributed by atoms with Gasteiger partial charge in [-0.1, -0.05) is 54.6 Å². The average molecular weight is 472 g/mol. The number of aliphatic carboxylic acids is 1. The van der Waals surface area contributed by atoms with E-state index in [1.54, 1.807) is 0 Å². The zero-order valence-electron chi connectivity index (χ0n) is 16.1. The minimum absolute atomic E-state index is 0. The van der Waals surface area contributed by atoms with E-state index in [1.165, 1.54) is 32.6 Å². The Morgan fingerprint density at radius 3 is 1.11 bits per heavy atom. The predicted octanol–water partition coefficient (Wildman–Crippen LogP) is 4.19. The Hall–Kier alpha value is -1.78. The molecule has 3 aromatic rings. The topological polar surface area (TPSA) is 37.3 Å². The van der Waals surface area contributed by atoms with Gasteiger partial charge < -0.3 is 5.11 Å². The van der Waals surface area contributed by atoms with E-state index in [-0.39, 0.29) is 20.4 Å². The van der Waals surface area contributed by atoms with Crippen LogP contribution in [0.2, 0.25) is 0 Å². The number of aryl methyl sites for hydroxylation is 3. The largest absolute Gasteiger partial charge is 0.481 e. The van der Waals surface area contributed by atoms with Gasteiger partial charge in [-0.05, 0) is 55.7 Å². The van der Waals surface area contributed by atoms with Crippen molar-refractivity contribution in [2.24, 2.45) is 0 Å². The van der Waals surface area contributed by atoms with Crippen LogP contribution in [0.25, 0.3) is 0 Å². The molecule has 0 aliphatic rings. The van der Waals surface area contributed by atoms with Gasteiger partial charge in [0.1, 0.15) is 15.9 Å². The van der Waals surface area contributed by atoms with Crippen LogP contribution < -0.4 is 15.9 Å². The van der Waals surface area contributed by atoms with Gasteiger partial charge in [-0.25, -0.2) is 0 Å². The Balaban J connectivity index is 0.000000666. The molecule has 0 heterocycles. The van der Waals surface area contributed by atoms with Gasteiger partial charge in [-0.3, -0.25) is 4.79 Å². The van der Waals surface area contributed by atoms with Gasteiger partial charge in [-0.2, -0.15) is 0 Å². The molecule has 0 fully saturated rings. The van der Waals surface area contributed by atoms with Crippen molar-refractivity contribution >= 4 is 29.8 Å². The first kappa shape index (κ1) is 23.3. The number of hydrogen-bond donors (Lipinski definition) is 1. The molecule has 3 rings (SSSR count). The molecule has 0 radical (unpaired) electrons. The van der Waals surface area contributed by atoms with Crippen molar-refractivity contribution in [1.82, 2.24) is 0 Å². The fourth-order valence-electron chi connectivity index (χ4n) is 3.00. The molecule has 3 aromatic carbocycles. The van der Waals surface area contributed by atoms with Crippen LogP contribution in [0, 0.1) is 20.8 Å². The monoisotopic (exact) mass is 471 g/mol. The minimum atomic E-state index is -0.968. The van der Waals surface area contributed by atoms with Gasteiger partial charge in [0, 0.05) is 27.3 Å². The second-order valence-corrected chi connectivity index (χ2v) is 8.70. The third-order valence-corrected chi connectivity index (χ3v) is 7.54. The molecular formula is C23H26O2PPd+. The van der Waals surface area contributed by atoms with E-state index < -0.39 is 13.9 Å².